The second kappa shape index (κ2) is 4.15. The standard InChI is InChI=1S/C14H17NO2/c16-14(17)12-6-2-5-11-10(12)7-8-13(11)15-9-3-1-4-9/h2,5-6,9,13,15H,1,3-4,7-8H2,(H,16,17). The SMILES string of the molecule is O=C(O)c1cccc2c1CCC2NC1CCC1. The molecule has 2 aliphatic carbocycles. The van der Waals surface area contributed by atoms with Crippen molar-refractivity contribution in [3.8, 4) is 0 Å². The monoisotopic (exact) mass is 231 g/mol. The summed E-state index contributed by atoms with van der Waals surface area (Å²) in [5.74, 6) is -0.800. The summed E-state index contributed by atoms with van der Waals surface area (Å²) in [5.41, 5.74) is 2.73. The molecule has 1 aromatic carbocycles. The Balaban J connectivity index is 1.86. The molecule has 0 radical (unpaired) electrons. The van der Waals surface area contributed by atoms with Crippen LogP contribution in [0.4, 0.5) is 0 Å². The molecule has 1 aromatic rings. The number of hydrogen-bond donors (Lipinski definition) is 2. The van der Waals surface area contributed by atoms with Gasteiger partial charge in [0.2, 0.25) is 0 Å². The van der Waals surface area contributed by atoms with E-state index in [0.29, 0.717) is 17.6 Å². The Kier molecular flexibility index (Phi) is 2.63. The van der Waals surface area contributed by atoms with Crippen molar-refractivity contribution in [1.82, 2.24) is 5.32 Å². The quantitative estimate of drug-likeness (QED) is 0.840. The average Bonchev–Trinajstić information content (AvgIpc) is 2.66. The van der Waals surface area contributed by atoms with Gasteiger partial charge >= 0.3 is 5.97 Å². The molecular weight excluding hydrogens is 214 g/mol. The minimum absolute atomic E-state index is 0.370. The van der Waals surface area contributed by atoms with Gasteiger partial charge in [-0.05, 0) is 42.9 Å². The van der Waals surface area contributed by atoms with Crippen LogP contribution in [0.5, 0.6) is 0 Å². The third kappa shape index (κ3) is 1.84. The molecule has 0 aromatic heterocycles. The Hall–Kier alpha value is -1.35. The molecule has 3 rings (SSSR count). The smallest absolute Gasteiger partial charge is 0.335 e. The van der Waals surface area contributed by atoms with Crippen LogP contribution in [0.1, 0.15) is 53.2 Å². The Morgan fingerprint density at radius 3 is 2.76 bits per heavy atom. The van der Waals surface area contributed by atoms with Gasteiger partial charge in [0.1, 0.15) is 0 Å². The predicted octanol–water partition coefficient (Wildman–Crippen LogP) is 2.51. The van der Waals surface area contributed by atoms with Gasteiger partial charge < -0.3 is 10.4 Å². The van der Waals surface area contributed by atoms with E-state index in [1.807, 2.05) is 6.07 Å². The third-order valence-electron chi connectivity index (χ3n) is 4.04. The zero-order chi connectivity index (χ0) is 11.8. The second-order valence-electron chi connectivity index (χ2n) is 5.06. The van der Waals surface area contributed by atoms with Crippen molar-refractivity contribution in [2.45, 2.75) is 44.2 Å². The average molecular weight is 231 g/mol. The maximum atomic E-state index is 11.1. The molecule has 2 aliphatic rings. The molecule has 0 saturated heterocycles. The summed E-state index contributed by atoms with van der Waals surface area (Å²) < 4.78 is 0. The van der Waals surface area contributed by atoms with Crippen molar-refractivity contribution >= 4 is 5.97 Å². The number of hydrogen-bond acceptors (Lipinski definition) is 2. The van der Waals surface area contributed by atoms with E-state index < -0.39 is 5.97 Å². The highest BCUT2D eigenvalue weighted by Crippen LogP contribution is 2.35. The Labute approximate surface area is 101 Å². The van der Waals surface area contributed by atoms with Gasteiger partial charge in [-0.15, -0.1) is 0 Å². The van der Waals surface area contributed by atoms with E-state index in [1.165, 1.54) is 24.8 Å². The molecule has 1 fully saturated rings. The van der Waals surface area contributed by atoms with Crippen molar-refractivity contribution in [3.63, 3.8) is 0 Å². The first-order valence-electron chi connectivity index (χ1n) is 6.37. The maximum Gasteiger partial charge on any atom is 0.335 e. The number of carboxylic acids is 1. The van der Waals surface area contributed by atoms with E-state index in [1.54, 1.807) is 6.07 Å². The zero-order valence-electron chi connectivity index (χ0n) is 9.78. The molecular formula is C14H17NO2. The molecule has 2 N–H and O–H groups in total. The molecule has 1 atom stereocenters. The molecule has 0 heterocycles. The summed E-state index contributed by atoms with van der Waals surface area (Å²) in [5, 5.41) is 12.8. The first-order chi connectivity index (χ1) is 8.25. The molecule has 17 heavy (non-hydrogen) atoms. The van der Waals surface area contributed by atoms with Gasteiger partial charge in [-0.25, -0.2) is 4.79 Å². The van der Waals surface area contributed by atoms with E-state index in [4.69, 9.17) is 5.11 Å². The van der Waals surface area contributed by atoms with Crippen LogP contribution >= 0.6 is 0 Å². The van der Waals surface area contributed by atoms with Crippen LogP contribution in [-0.2, 0) is 6.42 Å². The van der Waals surface area contributed by atoms with Crippen LogP contribution in [0, 0.1) is 0 Å². The third-order valence-corrected chi connectivity index (χ3v) is 4.04. The van der Waals surface area contributed by atoms with Crippen molar-refractivity contribution in [3.05, 3.63) is 34.9 Å². The first kappa shape index (κ1) is 10.8. The maximum absolute atomic E-state index is 11.1. The normalized spacial score (nSPS) is 23.2. The van der Waals surface area contributed by atoms with Gasteiger partial charge in [0.15, 0.2) is 0 Å². The van der Waals surface area contributed by atoms with Gasteiger partial charge in [-0.1, -0.05) is 18.6 Å². The number of carbonyl (C=O) groups is 1. The van der Waals surface area contributed by atoms with E-state index in [2.05, 4.69) is 11.4 Å². The molecule has 0 amide bonds. The summed E-state index contributed by atoms with van der Waals surface area (Å²) in [6.07, 6.45) is 5.79. The topological polar surface area (TPSA) is 49.3 Å². The van der Waals surface area contributed by atoms with Gasteiger partial charge in [-0.3, -0.25) is 0 Å². The van der Waals surface area contributed by atoms with E-state index in [0.717, 1.165) is 18.4 Å². The van der Waals surface area contributed by atoms with E-state index in [-0.39, 0.29) is 0 Å². The van der Waals surface area contributed by atoms with Crippen LogP contribution < -0.4 is 5.32 Å². The van der Waals surface area contributed by atoms with Crippen LogP contribution in [0.15, 0.2) is 18.2 Å². The largest absolute Gasteiger partial charge is 0.478 e. The highest BCUT2D eigenvalue weighted by atomic mass is 16.4. The molecule has 0 bridgehead atoms. The lowest BCUT2D eigenvalue weighted by Gasteiger charge is -2.30. The Bertz CT molecular complexity index is 452. The summed E-state index contributed by atoms with van der Waals surface area (Å²) in [6, 6.07) is 6.68. The molecule has 3 nitrogen and oxygen atoms in total. The Morgan fingerprint density at radius 1 is 1.29 bits per heavy atom. The van der Waals surface area contributed by atoms with E-state index in [9.17, 15) is 4.79 Å². The van der Waals surface area contributed by atoms with Crippen LogP contribution in [0.25, 0.3) is 0 Å². The summed E-state index contributed by atoms with van der Waals surface area (Å²) in [4.78, 5) is 11.1. The Morgan fingerprint density at radius 2 is 2.12 bits per heavy atom. The lowest BCUT2D eigenvalue weighted by molar-refractivity contribution is 0.0696. The number of aromatic carboxylic acids is 1. The van der Waals surface area contributed by atoms with Crippen molar-refractivity contribution in [1.29, 1.82) is 0 Å². The second-order valence-corrected chi connectivity index (χ2v) is 5.06. The summed E-state index contributed by atoms with van der Waals surface area (Å²) in [7, 11) is 0. The first-order valence-corrected chi connectivity index (χ1v) is 6.37. The highest BCUT2D eigenvalue weighted by molar-refractivity contribution is 5.90. The van der Waals surface area contributed by atoms with Crippen molar-refractivity contribution in [2.75, 3.05) is 0 Å². The minimum Gasteiger partial charge on any atom is -0.478 e. The van der Waals surface area contributed by atoms with Crippen molar-refractivity contribution < 1.29 is 9.90 Å². The van der Waals surface area contributed by atoms with E-state index >= 15 is 0 Å². The molecule has 3 heteroatoms. The number of carboxylic acid groups (broad SMARTS) is 1. The fraction of sp³-hybridized carbons (Fsp3) is 0.500. The number of rotatable bonds is 3. The molecule has 0 aliphatic heterocycles. The molecule has 0 spiro atoms. The molecule has 1 unspecified atom stereocenters. The lowest BCUT2D eigenvalue weighted by atomic mass is 9.91. The molecule has 1 saturated carbocycles. The van der Waals surface area contributed by atoms with Gasteiger partial charge in [0, 0.05) is 12.1 Å². The van der Waals surface area contributed by atoms with Crippen molar-refractivity contribution in [2.24, 2.45) is 0 Å². The van der Waals surface area contributed by atoms with Gasteiger partial charge in [-0.2, -0.15) is 0 Å². The lowest BCUT2D eigenvalue weighted by Crippen LogP contribution is -2.37. The summed E-state index contributed by atoms with van der Waals surface area (Å²) >= 11 is 0. The fourth-order valence-corrected chi connectivity index (χ4v) is 2.89. The molecule has 90 valence electrons. The zero-order valence-corrected chi connectivity index (χ0v) is 9.78. The fourth-order valence-electron chi connectivity index (χ4n) is 2.89. The van der Waals surface area contributed by atoms with Crippen LogP contribution in [-0.4, -0.2) is 17.1 Å². The number of benzene rings is 1. The minimum atomic E-state index is -0.800. The van der Waals surface area contributed by atoms with Crippen LogP contribution in [0.3, 0.4) is 0 Å². The summed E-state index contributed by atoms with van der Waals surface area (Å²) in [6.45, 7) is 0. The highest BCUT2D eigenvalue weighted by Gasteiger charge is 2.29. The van der Waals surface area contributed by atoms with Crippen LogP contribution in [0.2, 0.25) is 0 Å². The predicted molar refractivity (Wildman–Crippen MR) is 65.2 cm³/mol. The van der Waals surface area contributed by atoms with Gasteiger partial charge in [0.25, 0.3) is 0 Å². The number of nitrogens with one attached hydrogen (secondary N) is 1. The number of fused-ring (bicyclic) bond motifs is 1. The van der Waals surface area contributed by atoms with Gasteiger partial charge in [0.05, 0.1) is 5.56 Å².